The fourth-order valence-electron chi connectivity index (χ4n) is 0.336. The van der Waals surface area contributed by atoms with Crippen molar-refractivity contribution in [1.29, 1.82) is 0 Å². The maximum absolute atomic E-state index is 10.3. The SMILES string of the molecule is O=C1C=NNS(=O)(=O)N1. The van der Waals surface area contributed by atoms with E-state index in [0.29, 0.717) is 0 Å². The first-order valence-corrected chi connectivity index (χ1v) is 3.45. The number of nitrogens with zero attached hydrogens (tertiary/aromatic N) is 1. The van der Waals surface area contributed by atoms with Crippen LogP contribution in [-0.4, -0.2) is 20.5 Å². The van der Waals surface area contributed by atoms with E-state index in [9.17, 15) is 13.2 Å². The lowest BCUT2D eigenvalue weighted by Crippen LogP contribution is -2.42. The standard InChI is InChI=1S/C2H3N3O3S/c6-2-1-3-5-9(7,8)4-2/h1,5H,(H,4,6). The largest absolute Gasteiger partial charge is 0.338 e. The zero-order chi connectivity index (χ0) is 6.91. The smallest absolute Gasteiger partial charge is 0.267 e. The van der Waals surface area contributed by atoms with Crippen LogP contribution in [0.15, 0.2) is 5.10 Å². The average molecular weight is 149 g/mol. The maximum Gasteiger partial charge on any atom is 0.338 e. The van der Waals surface area contributed by atoms with E-state index in [-0.39, 0.29) is 0 Å². The van der Waals surface area contributed by atoms with Crippen molar-refractivity contribution in [1.82, 2.24) is 9.55 Å². The number of hydrogen-bond acceptors (Lipinski definition) is 4. The predicted octanol–water partition coefficient (Wildman–Crippen LogP) is -2.06. The van der Waals surface area contributed by atoms with Gasteiger partial charge in [0, 0.05) is 0 Å². The van der Waals surface area contributed by atoms with Crippen molar-refractivity contribution in [3.05, 3.63) is 0 Å². The van der Waals surface area contributed by atoms with E-state index < -0.39 is 16.1 Å². The van der Waals surface area contributed by atoms with E-state index in [4.69, 9.17) is 0 Å². The molecule has 50 valence electrons. The fourth-order valence-corrected chi connectivity index (χ4v) is 0.891. The van der Waals surface area contributed by atoms with Gasteiger partial charge in [0.05, 0.1) is 0 Å². The molecule has 0 saturated carbocycles. The van der Waals surface area contributed by atoms with Gasteiger partial charge in [0.15, 0.2) is 0 Å². The molecule has 0 atom stereocenters. The summed E-state index contributed by atoms with van der Waals surface area (Å²) in [6.07, 6.45) is 0.834. The summed E-state index contributed by atoms with van der Waals surface area (Å²) >= 11 is 0. The molecule has 1 heterocycles. The highest BCUT2D eigenvalue weighted by Gasteiger charge is 2.14. The summed E-state index contributed by atoms with van der Waals surface area (Å²) in [5.41, 5.74) is 0. The number of nitrogens with one attached hydrogen (secondary N) is 2. The minimum absolute atomic E-state index is 0.742. The summed E-state index contributed by atoms with van der Waals surface area (Å²) in [5, 5.41) is 3.04. The maximum atomic E-state index is 10.3. The van der Waals surface area contributed by atoms with Gasteiger partial charge in [-0.05, 0) is 0 Å². The molecule has 7 heteroatoms. The molecule has 9 heavy (non-hydrogen) atoms. The van der Waals surface area contributed by atoms with Gasteiger partial charge in [-0.25, -0.2) is 4.72 Å². The highest BCUT2D eigenvalue weighted by molar-refractivity contribution is 7.88. The predicted molar refractivity (Wildman–Crippen MR) is 28.7 cm³/mol. The average Bonchev–Trinajstić information content (AvgIpc) is 1.60. The van der Waals surface area contributed by atoms with Crippen molar-refractivity contribution >= 4 is 22.3 Å². The first kappa shape index (κ1) is 6.02. The van der Waals surface area contributed by atoms with Gasteiger partial charge in [-0.2, -0.15) is 18.4 Å². The molecule has 0 aromatic heterocycles. The highest BCUT2D eigenvalue weighted by atomic mass is 32.2. The molecule has 0 aromatic carbocycles. The molecule has 1 aliphatic heterocycles. The van der Waals surface area contributed by atoms with E-state index in [1.165, 1.54) is 0 Å². The quantitative estimate of drug-likeness (QED) is 0.415. The van der Waals surface area contributed by atoms with Crippen LogP contribution in [0.5, 0.6) is 0 Å². The Bertz CT molecular complexity index is 252. The fraction of sp³-hybridized carbons (Fsp3) is 0. The Morgan fingerprint density at radius 3 is 2.56 bits per heavy atom. The Kier molecular flexibility index (Phi) is 1.13. The van der Waals surface area contributed by atoms with E-state index in [1.54, 1.807) is 9.55 Å². The summed E-state index contributed by atoms with van der Waals surface area (Å²) in [7, 11) is -3.68. The molecule has 0 bridgehead atoms. The van der Waals surface area contributed by atoms with E-state index >= 15 is 0 Å². The summed E-state index contributed by atoms with van der Waals surface area (Å²) in [6, 6.07) is 0. The summed E-state index contributed by atoms with van der Waals surface area (Å²) < 4.78 is 22.2. The first-order valence-electron chi connectivity index (χ1n) is 1.97. The van der Waals surface area contributed by atoms with Crippen LogP contribution in [0.1, 0.15) is 0 Å². The molecule has 2 N–H and O–H groups in total. The Hall–Kier alpha value is -1.11. The lowest BCUT2D eigenvalue weighted by atomic mass is 10.7. The molecule has 0 saturated heterocycles. The van der Waals surface area contributed by atoms with Gasteiger partial charge in [-0.15, -0.1) is 0 Å². The number of hydrazone groups is 1. The molecule has 1 amide bonds. The van der Waals surface area contributed by atoms with Crippen LogP contribution < -0.4 is 9.55 Å². The van der Waals surface area contributed by atoms with Crippen LogP contribution in [0, 0.1) is 0 Å². The van der Waals surface area contributed by atoms with Gasteiger partial charge >= 0.3 is 10.2 Å². The van der Waals surface area contributed by atoms with Crippen molar-refractivity contribution in [2.24, 2.45) is 5.10 Å². The molecule has 0 fully saturated rings. The van der Waals surface area contributed by atoms with E-state index in [2.05, 4.69) is 5.10 Å². The Morgan fingerprint density at radius 1 is 1.56 bits per heavy atom. The molecule has 0 unspecified atom stereocenters. The second-order valence-corrected chi connectivity index (χ2v) is 2.71. The Balaban J connectivity index is 2.94. The molecule has 1 aliphatic rings. The summed E-state index contributed by atoms with van der Waals surface area (Å²) in [5.74, 6) is -0.742. The zero-order valence-electron chi connectivity index (χ0n) is 4.16. The molecule has 0 aromatic rings. The third-order valence-electron chi connectivity index (χ3n) is 0.590. The molecule has 6 nitrogen and oxygen atoms in total. The second kappa shape index (κ2) is 1.69. The molecule has 0 radical (unpaired) electrons. The van der Waals surface area contributed by atoms with Crippen LogP contribution >= 0.6 is 0 Å². The normalized spacial score (nSPS) is 22.4. The van der Waals surface area contributed by atoms with E-state index in [1.807, 2.05) is 0 Å². The highest BCUT2D eigenvalue weighted by Crippen LogP contribution is 1.80. The van der Waals surface area contributed by atoms with Gasteiger partial charge < -0.3 is 0 Å². The van der Waals surface area contributed by atoms with Gasteiger partial charge in [0.25, 0.3) is 5.91 Å². The van der Waals surface area contributed by atoms with Crippen molar-refractivity contribution in [2.75, 3.05) is 0 Å². The van der Waals surface area contributed by atoms with Gasteiger partial charge in [-0.3, -0.25) is 4.79 Å². The Morgan fingerprint density at radius 2 is 2.22 bits per heavy atom. The van der Waals surface area contributed by atoms with Crippen LogP contribution in [-0.2, 0) is 15.0 Å². The van der Waals surface area contributed by atoms with Crippen molar-refractivity contribution in [3.8, 4) is 0 Å². The number of carbonyl (C=O) groups is 1. The first-order chi connectivity index (χ1) is 4.10. The number of rotatable bonds is 0. The second-order valence-electron chi connectivity index (χ2n) is 1.32. The number of amides is 1. The number of hydrogen-bond donors (Lipinski definition) is 2. The molecule has 0 spiro atoms. The molecular weight excluding hydrogens is 146 g/mol. The molecular formula is C2H3N3O3S. The zero-order valence-corrected chi connectivity index (χ0v) is 4.97. The van der Waals surface area contributed by atoms with Crippen LogP contribution in [0.2, 0.25) is 0 Å². The van der Waals surface area contributed by atoms with Crippen LogP contribution in [0.4, 0.5) is 0 Å². The van der Waals surface area contributed by atoms with Gasteiger partial charge in [0.2, 0.25) is 0 Å². The summed E-state index contributed by atoms with van der Waals surface area (Å²) in [6.45, 7) is 0. The third kappa shape index (κ3) is 1.39. The minimum atomic E-state index is -3.68. The molecule has 0 aliphatic carbocycles. The lowest BCUT2D eigenvalue weighted by molar-refractivity contribution is -0.112. The van der Waals surface area contributed by atoms with Crippen molar-refractivity contribution in [2.45, 2.75) is 0 Å². The topological polar surface area (TPSA) is 87.6 Å². The monoisotopic (exact) mass is 149 g/mol. The summed E-state index contributed by atoms with van der Waals surface area (Å²) in [4.78, 5) is 11.9. The van der Waals surface area contributed by atoms with Crippen LogP contribution in [0.3, 0.4) is 0 Å². The van der Waals surface area contributed by atoms with Crippen molar-refractivity contribution in [3.63, 3.8) is 0 Å². The lowest BCUT2D eigenvalue weighted by Gasteiger charge is -2.05. The molecule has 1 rings (SSSR count). The minimum Gasteiger partial charge on any atom is -0.267 e. The van der Waals surface area contributed by atoms with Gasteiger partial charge in [-0.1, -0.05) is 0 Å². The Labute approximate surface area is 51.1 Å². The number of carbonyl (C=O) groups excluding carboxylic acids is 1. The van der Waals surface area contributed by atoms with Gasteiger partial charge in [0.1, 0.15) is 6.21 Å². The third-order valence-corrected chi connectivity index (χ3v) is 1.41. The van der Waals surface area contributed by atoms with Crippen molar-refractivity contribution < 1.29 is 13.2 Å². The van der Waals surface area contributed by atoms with E-state index in [0.717, 1.165) is 6.21 Å². The van der Waals surface area contributed by atoms with Crippen LogP contribution in [0.25, 0.3) is 0 Å².